The average Bonchev–Trinajstić information content (AvgIpc) is 2.69. The zero-order valence-electron chi connectivity index (χ0n) is 15.3. The van der Waals surface area contributed by atoms with Crippen LogP contribution in [0.15, 0.2) is 84.9 Å². The number of para-hydroxylation sites is 1. The molecule has 27 heavy (non-hydrogen) atoms. The van der Waals surface area contributed by atoms with Crippen LogP contribution in [0, 0.1) is 5.82 Å². The zero-order valence-corrected chi connectivity index (χ0v) is 15.3. The molecule has 0 aliphatic rings. The van der Waals surface area contributed by atoms with Crippen molar-refractivity contribution in [2.24, 2.45) is 0 Å². The molecule has 1 unspecified atom stereocenters. The van der Waals surface area contributed by atoms with E-state index in [1.165, 1.54) is 6.07 Å². The Bertz CT molecular complexity index is 787. The normalized spacial score (nSPS) is 12.3. The zero-order chi connectivity index (χ0) is 19.1. The van der Waals surface area contributed by atoms with E-state index in [1.54, 1.807) is 18.2 Å². The van der Waals surface area contributed by atoms with Gasteiger partial charge < -0.3 is 9.84 Å². The third kappa shape index (κ3) is 5.16. The molecule has 0 aromatic heterocycles. The van der Waals surface area contributed by atoms with Crippen molar-refractivity contribution in [3.05, 3.63) is 102 Å². The van der Waals surface area contributed by atoms with Crippen LogP contribution in [0.5, 0.6) is 5.75 Å². The predicted molar refractivity (Wildman–Crippen MR) is 105 cm³/mol. The summed E-state index contributed by atoms with van der Waals surface area (Å²) in [5.41, 5.74) is 2.29. The van der Waals surface area contributed by atoms with Gasteiger partial charge in [-0.15, -0.1) is 0 Å². The Morgan fingerprint density at radius 2 is 1.37 bits per heavy atom. The van der Waals surface area contributed by atoms with E-state index in [0.717, 1.165) is 11.1 Å². The van der Waals surface area contributed by atoms with Gasteiger partial charge in [-0.2, -0.15) is 0 Å². The minimum Gasteiger partial charge on any atom is -0.488 e. The van der Waals surface area contributed by atoms with Crippen molar-refractivity contribution in [2.45, 2.75) is 12.1 Å². The third-order valence-electron chi connectivity index (χ3n) is 4.44. The van der Waals surface area contributed by atoms with Crippen molar-refractivity contribution in [2.75, 3.05) is 20.2 Å². The molecule has 0 spiro atoms. The van der Waals surface area contributed by atoms with E-state index in [1.807, 2.05) is 43.4 Å². The summed E-state index contributed by atoms with van der Waals surface area (Å²) in [5.74, 6) is -0.272. The van der Waals surface area contributed by atoms with Crippen molar-refractivity contribution in [3.8, 4) is 5.75 Å². The number of nitrogens with zero attached hydrogens (tertiary/aromatic N) is 1. The Morgan fingerprint density at radius 1 is 0.852 bits per heavy atom. The summed E-state index contributed by atoms with van der Waals surface area (Å²) in [4.78, 5) is 2.08. The fourth-order valence-electron chi connectivity index (χ4n) is 3.21. The van der Waals surface area contributed by atoms with Gasteiger partial charge in [0.05, 0.1) is 6.04 Å². The van der Waals surface area contributed by atoms with E-state index < -0.39 is 11.9 Å². The molecule has 0 aliphatic heterocycles. The van der Waals surface area contributed by atoms with Crippen LogP contribution in [-0.2, 0) is 0 Å². The second kappa shape index (κ2) is 9.31. The van der Waals surface area contributed by atoms with Crippen molar-refractivity contribution < 1.29 is 14.2 Å². The van der Waals surface area contributed by atoms with Crippen molar-refractivity contribution in [1.29, 1.82) is 0 Å². The van der Waals surface area contributed by atoms with E-state index in [9.17, 15) is 9.50 Å². The molecule has 0 radical (unpaired) electrons. The molecular formula is C23H24FNO2. The molecule has 140 valence electrons. The molecule has 0 saturated heterocycles. The molecule has 0 fully saturated rings. The molecule has 4 heteroatoms. The summed E-state index contributed by atoms with van der Waals surface area (Å²) in [6.45, 7) is 0.421. The quantitative estimate of drug-likeness (QED) is 0.646. The summed E-state index contributed by atoms with van der Waals surface area (Å²) in [7, 11) is 1.97. The van der Waals surface area contributed by atoms with Crippen molar-refractivity contribution >= 4 is 0 Å². The van der Waals surface area contributed by atoms with Gasteiger partial charge in [0.2, 0.25) is 0 Å². The molecule has 3 rings (SSSR count). The van der Waals surface area contributed by atoms with Crippen LogP contribution >= 0.6 is 0 Å². The highest BCUT2D eigenvalue weighted by Crippen LogP contribution is 2.27. The van der Waals surface area contributed by atoms with E-state index in [4.69, 9.17) is 4.74 Å². The summed E-state index contributed by atoms with van der Waals surface area (Å²) < 4.78 is 19.1. The molecule has 3 aromatic rings. The molecule has 0 saturated carbocycles. The Morgan fingerprint density at radius 3 is 1.93 bits per heavy atom. The minimum atomic E-state index is -0.746. The fraction of sp³-hybridized carbons (Fsp3) is 0.217. The Hall–Kier alpha value is -2.69. The topological polar surface area (TPSA) is 32.7 Å². The Labute approximate surface area is 159 Å². The van der Waals surface area contributed by atoms with Gasteiger partial charge in [-0.05, 0) is 30.3 Å². The van der Waals surface area contributed by atoms with Gasteiger partial charge in [-0.3, -0.25) is 4.90 Å². The van der Waals surface area contributed by atoms with E-state index in [0.29, 0.717) is 6.54 Å². The maximum atomic E-state index is 13.7. The first kappa shape index (κ1) is 19.1. The number of hydrogen-bond acceptors (Lipinski definition) is 3. The van der Waals surface area contributed by atoms with Crippen LogP contribution in [0.3, 0.4) is 0 Å². The highest BCUT2D eigenvalue weighted by Gasteiger charge is 2.21. The van der Waals surface area contributed by atoms with Crippen LogP contribution in [0.2, 0.25) is 0 Å². The third-order valence-corrected chi connectivity index (χ3v) is 4.44. The van der Waals surface area contributed by atoms with Gasteiger partial charge in [0.1, 0.15) is 12.7 Å². The number of likely N-dealkylation sites (N-methyl/N-ethyl adjacent to an activating group) is 1. The number of halogens is 1. The van der Waals surface area contributed by atoms with Crippen molar-refractivity contribution in [3.63, 3.8) is 0 Å². The minimum absolute atomic E-state index is 0.00973. The lowest BCUT2D eigenvalue weighted by molar-refractivity contribution is 0.0667. The first-order valence-electron chi connectivity index (χ1n) is 9.00. The molecule has 1 atom stereocenters. The van der Waals surface area contributed by atoms with Crippen LogP contribution < -0.4 is 4.74 Å². The molecule has 1 N–H and O–H groups in total. The lowest BCUT2D eigenvalue weighted by Crippen LogP contribution is -2.36. The van der Waals surface area contributed by atoms with Gasteiger partial charge in [-0.25, -0.2) is 4.39 Å². The summed E-state index contributed by atoms with van der Waals surface area (Å²) in [6, 6.07) is 26.6. The van der Waals surface area contributed by atoms with E-state index >= 15 is 0 Å². The molecule has 0 aliphatic carbocycles. The molecule has 3 nitrogen and oxygen atoms in total. The number of aliphatic hydroxyl groups is 1. The van der Waals surface area contributed by atoms with Gasteiger partial charge in [-0.1, -0.05) is 72.8 Å². The first-order valence-corrected chi connectivity index (χ1v) is 9.00. The maximum Gasteiger partial charge on any atom is 0.165 e. The molecule has 3 aromatic carbocycles. The number of ether oxygens (including phenoxy) is 1. The largest absolute Gasteiger partial charge is 0.488 e. The number of aliphatic hydroxyl groups excluding tert-OH is 1. The van der Waals surface area contributed by atoms with E-state index in [-0.39, 0.29) is 18.4 Å². The number of hydrogen-bond donors (Lipinski definition) is 1. The second-order valence-electron chi connectivity index (χ2n) is 6.56. The average molecular weight is 365 g/mol. The monoisotopic (exact) mass is 365 g/mol. The molecule has 0 heterocycles. The fourth-order valence-corrected chi connectivity index (χ4v) is 3.21. The Kier molecular flexibility index (Phi) is 6.58. The predicted octanol–water partition coefficient (Wildman–Crippen LogP) is 4.29. The number of rotatable bonds is 8. The lowest BCUT2D eigenvalue weighted by Gasteiger charge is -2.30. The van der Waals surface area contributed by atoms with Crippen molar-refractivity contribution in [1.82, 2.24) is 4.90 Å². The van der Waals surface area contributed by atoms with Crippen LogP contribution in [0.1, 0.15) is 17.2 Å². The maximum absolute atomic E-state index is 13.7. The van der Waals surface area contributed by atoms with Gasteiger partial charge >= 0.3 is 0 Å². The molecule has 0 bridgehead atoms. The van der Waals surface area contributed by atoms with Crippen LogP contribution in [0.4, 0.5) is 4.39 Å². The van der Waals surface area contributed by atoms with Gasteiger partial charge in [0.25, 0.3) is 0 Å². The smallest absolute Gasteiger partial charge is 0.165 e. The van der Waals surface area contributed by atoms with E-state index in [2.05, 4.69) is 29.2 Å². The second-order valence-corrected chi connectivity index (χ2v) is 6.56. The van der Waals surface area contributed by atoms with Crippen LogP contribution in [0.25, 0.3) is 0 Å². The summed E-state index contributed by atoms with van der Waals surface area (Å²) in [5, 5.41) is 10.4. The molecular weight excluding hydrogens is 341 g/mol. The van der Waals surface area contributed by atoms with Gasteiger partial charge in [0, 0.05) is 6.54 Å². The highest BCUT2D eigenvalue weighted by atomic mass is 19.1. The Balaban J connectivity index is 1.69. The SMILES string of the molecule is CN(CC(O)COc1ccccc1F)C(c1ccccc1)c1ccccc1. The summed E-state index contributed by atoms with van der Waals surface area (Å²) >= 11 is 0. The lowest BCUT2D eigenvalue weighted by atomic mass is 9.97. The van der Waals surface area contributed by atoms with Gasteiger partial charge in [0.15, 0.2) is 11.6 Å². The first-order chi connectivity index (χ1) is 13.1. The highest BCUT2D eigenvalue weighted by molar-refractivity contribution is 5.31. The number of benzene rings is 3. The summed E-state index contributed by atoms with van der Waals surface area (Å²) in [6.07, 6.45) is -0.746. The molecule has 0 amide bonds. The van der Waals surface area contributed by atoms with Crippen LogP contribution in [-0.4, -0.2) is 36.3 Å². The standard InChI is InChI=1S/C23H24FNO2/c1-25(16-20(26)17-27-22-15-9-8-14-21(22)24)23(18-10-4-2-5-11-18)19-12-6-3-7-13-19/h2-15,20,23,26H,16-17H2,1H3.